The SMILES string of the molecule is C=C(CCn1ccnc1)C(C)(C)C. The molecule has 0 spiro atoms. The van der Waals surface area contributed by atoms with Crippen LogP contribution in [-0.4, -0.2) is 9.55 Å². The summed E-state index contributed by atoms with van der Waals surface area (Å²) in [5.41, 5.74) is 1.52. The van der Waals surface area contributed by atoms with Gasteiger partial charge < -0.3 is 4.57 Å². The van der Waals surface area contributed by atoms with Gasteiger partial charge in [-0.2, -0.15) is 0 Å². The average molecular weight is 178 g/mol. The van der Waals surface area contributed by atoms with Crippen LogP contribution in [0.25, 0.3) is 0 Å². The van der Waals surface area contributed by atoms with Crippen LogP contribution < -0.4 is 0 Å². The Morgan fingerprint density at radius 1 is 1.46 bits per heavy atom. The van der Waals surface area contributed by atoms with Crippen LogP contribution in [-0.2, 0) is 6.54 Å². The highest BCUT2D eigenvalue weighted by Crippen LogP contribution is 2.26. The van der Waals surface area contributed by atoms with Gasteiger partial charge in [0.1, 0.15) is 0 Å². The molecule has 0 unspecified atom stereocenters. The first-order valence-corrected chi connectivity index (χ1v) is 4.64. The number of hydrogen-bond donors (Lipinski definition) is 0. The molecule has 1 rings (SSSR count). The molecule has 0 saturated heterocycles. The predicted octanol–water partition coefficient (Wildman–Crippen LogP) is 2.88. The molecule has 0 aliphatic rings. The summed E-state index contributed by atoms with van der Waals surface area (Å²) < 4.78 is 2.08. The van der Waals surface area contributed by atoms with Crippen LogP contribution in [0, 0.1) is 5.41 Å². The summed E-state index contributed by atoms with van der Waals surface area (Å²) >= 11 is 0. The molecule has 0 aromatic carbocycles. The van der Waals surface area contributed by atoms with Crippen molar-refractivity contribution in [3.63, 3.8) is 0 Å². The molecular weight excluding hydrogens is 160 g/mol. The van der Waals surface area contributed by atoms with Gasteiger partial charge in [-0.25, -0.2) is 4.98 Å². The van der Waals surface area contributed by atoms with E-state index in [0.29, 0.717) is 0 Å². The van der Waals surface area contributed by atoms with Gasteiger partial charge in [-0.05, 0) is 11.8 Å². The Labute approximate surface area is 80.3 Å². The Balaban J connectivity index is 2.40. The van der Waals surface area contributed by atoms with Crippen molar-refractivity contribution in [2.45, 2.75) is 33.7 Å². The second kappa shape index (κ2) is 3.77. The standard InChI is InChI=1S/C11H18N2/c1-10(11(2,3)4)5-7-13-8-6-12-9-13/h6,8-9H,1,5,7H2,2-4H3. The zero-order valence-corrected chi connectivity index (χ0v) is 8.75. The molecule has 1 aromatic heterocycles. The predicted molar refractivity (Wildman–Crippen MR) is 55.4 cm³/mol. The van der Waals surface area contributed by atoms with Crippen molar-refractivity contribution < 1.29 is 0 Å². The van der Waals surface area contributed by atoms with Gasteiger partial charge in [0.05, 0.1) is 6.33 Å². The van der Waals surface area contributed by atoms with E-state index in [9.17, 15) is 0 Å². The third kappa shape index (κ3) is 3.05. The highest BCUT2D eigenvalue weighted by molar-refractivity contribution is 5.04. The molecule has 2 heteroatoms. The van der Waals surface area contributed by atoms with E-state index in [-0.39, 0.29) is 5.41 Å². The minimum Gasteiger partial charge on any atom is -0.337 e. The van der Waals surface area contributed by atoms with Gasteiger partial charge in [0.25, 0.3) is 0 Å². The molecule has 0 saturated carbocycles. The van der Waals surface area contributed by atoms with Crippen molar-refractivity contribution in [3.05, 3.63) is 30.9 Å². The Morgan fingerprint density at radius 3 is 2.62 bits per heavy atom. The van der Waals surface area contributed by atoms with Crippen molar-refractivity contribution in [1.29, 1.82) is 0 Å². The van der Waals surface area contributed by atoms with Gasteiger partial charge in [0.2, 0.25) is 0 Å². The normalized spacial score (nSPS) is 11.6. The minimum atomic E-state index is 0.223. The first kappa shape index (κ1) is 10.0. The smallest absolute Gasteiger partial charge is 0.0946 e. The quantitative estimate of drug-likeness (QED) is 0.651. The van der Waals surface area contributed by atoms with Crippen molar-refractivity contribution in [2.24, 2.45) is 5.41 Å². The molecule has 0 bridgehead atoms. The first-order chi connectivity index (χ1) is 6.00. The van der Waals surface area contributed by atoms with Gasteiger partial charge in [-0.1, -0.05) is 32.9 Å². The van der Waals surface area contributed by atoms with Crippen LogP contribution in [0.5, 0.6) is 0 Å². The summed E-state index contributed by atoms with van der Waals surface area (Å²) in [4.78, 5) is 4.00. The topological polar surface area (TPSA) is 17.8 Å². The van der Waals surface area contributed by atoms with Gasteiger partial charge in [0.15, 0.2) is 0 Å². The molecule has 0 aliphatic heterocycles. The third-order valence-electron chi connectivity index (χ3n) is 2.29. The number of rotatable bonds is 3. The Morgan fingerprint density at radius 2 is 2.15 bits per heavy atom. The van der Waals surface area contributed by atoms with E-state index in [1.165, 1.54) is 5.57 Å². The molecule has 0 N–H and O–H groups in total. The average Bonchev–Trinajstić information content (AvgIpc) is 2.50. The number of allylic oxidation sites excluding steroid dienone is 1. The Bertz CT molecular complexity index is 265. The van der Waals surface area contributed by atoms with E-state index >= 15 is 0 Å². The highest BCUT2D eigenvalue weighted by atomic mass is 15.0. The number of imidazole rings is 1. The lowest BCUT2D eigenvalue weighted by Gasteiger charge is -2.21. The van der Waals surface area contributed by atoms with E-state index in [1.54, 1.807) is 6.20 Å². The number of aryl methyl sites for hydroxylation is 1. The molecular formula is C11H18N2. The molecule has 0 fully saturated rings. The molecule has 0 atom stereocenters. The maximum Gasteiger partial charge on any atom is 0.0946 e. The van der Waals surface area contributed by atoms with E-state index in [4.69, 9.17) is 0 Å². The minimum absolute atomic E-state index is 0.223. The zero-order chi connectivity index (χ0) is 9.90. The molecule has 13 heavy (non-hydrogen) atoms. The van der Waals surface area contributed by atoms with Crippen LogP contribution in [0.3, 0.4) is 0 Å². The fourth-order valence-corrected chi connectivity index (χ4v) is 1.06. The van der Waals surface area contributed by atoms with Crippen molar-refractivity contribution in [1.82, 2.24) is 9.55 Å². The Kier molecular flexibility index (Phi) is 2.91. The molecule has 1 aromatic rings. The van der Waals surface area contributed by atoms with E-state index < -0.39 is 0 Å². The van der Waals surface area contributed by atoms with E-state index in [2.05, 4.69) is 36.9 Å². The van der Waals surface area contributed by atoms with E-state index in [0.717, 1.165) is 13.0 Å². The second-order valence-corrected chi connectivity index (χ2v) is 4.40. The summed E-state index contributed by atoms with van der Waals surface area (Å²) in [6, 6.07) is 0. The molecule has 1 heterocycles. The van der Waals surface area contributed by atoms with Crippen molar-refractivity contribution in [3.8, 4) is 0 Å². The summed E-state index contributed by atoms with van der Waals surface area (Å²) in [6.45, 7) is 11.7. The second-order valence-electron chi connectivity index (χ2n) is 4.40. The van der Waals surface area contributed by atoms with Gasteiger partial charge >= 0.3 is 0 Å². The zero-order valence-electron chi connectivity index (χ0n) is 8.75. The summed E-state index contributed by atoms with van der Waals surface area (Å²) in [7, 11) is 0. The Hall–Kier alpha value is -1.05. The summed E-state index contributed by atoms with van der Waals surface area (Å²) in [5, 5.41) is 0. The molecule has 2 nitrogen and oxygen atoms in total. The van der Waals surface area contributed by atoms with Crippen LogP contribution in [0.2, 0.25) is 0 Å². The van der Waals surface area contributed by atoms with Gasteiger partial charge in [-0.3, -0.25) is 0 Å². The largest absolute Gasteiger partial charge is 0.337 e. The summed E-state index contributed by atoms with van der Waals surface area (Å²) in [5.74, 6) is 0. The first-order valence-electron chi connectivity index (χ1n) is 4.64. The van der Waals surface area contributed by atoms with Crippen molar-refractivity contribution >= 4 is 0 Å². The highest BCUT2D eigenvalue weighted by Gasteiger charge is 2.13. The molecule has 0 aliphatic carbocycles. The van der Waals surface area contributed by atoms with E-state index in [1.807, 2.05) is 12.5 Å². The monoisotopic (exact) mass is 178 g/mol. The third-order valence-corrected chi connectivity index (χ3v) is 2.29. The van der Waals surface area contributed by atoms with Crippen LogP contribution in [0.4, 0.5) is 0 Å². The maximum atomic E-state index is 4.09. The summed E-state index contributed by atoms with van der Waals surface area (Å²) in [6.07, 6.45) is 6.66. The lowest BCUT2D eigenvalue weighted by Crippen LogP contribution is -2.10. The number of nitrogens with zero attached hydrogens (tertiary/aromatic N) is 2. The fraction of sp³-hybridized carbons (Fsp3) is 0.545. The lowest BCUT2D eigenvalue weighted by molar-refractivity contribution is 0.471. The van der Waals surface area contributed by atoms with Crippen LogP contribution in [0.1, 0.15) is 27.2 Å². The fourth-order valence-electron chi connectivity index (χ4n) is 1.06. The molecule has 72 valence electrons. The number of hydrogen-bond acceptors (Lipinski definition) is 1. The molecule has 0 radical (unpaired) electrons. The van der Waals surface area contributed by atoms with Gasteiger partial charge in [-0.15, -0.1) is 0 Å². The van der Waals surface area contributed by atoms with Crippen LogP contribution in [0.15, 0.2) is 30.9 Å². The van der Waals surface area contributed by atoms with Crippen LogP contribution >= 0.6 is 0 Å². The van der Waals surface area contributed by atoms with Crippen molar-refractivity contribution in [2.75, 3.05) is 0 Å². The maximum absolute atomic E-state index is 4.09. The lowest BCUT2D eigenvalue weighted by atomic mass is 9.86. The van der Waals surface area contributed by atoms with Gasteiger partial charge in [0, 0.05) is 18.9 Å². The number of aromatic nitrogens is 2. The molecule has 0 amide bonds.